The number of amides is 1. The first kappa shape index (κ1) is 29.1. The van der Waals surface area contributed by atoms with Crippen molar-refractivity contribution in [2.24, 2.45) is 28.9 Å². The molecule has 0 aromatic carbocycles. The fraction of sp³-hybridized carbons (Fsp3) is 0.815. The third kappa shape index (κ3) is 7.21. The fourth-order valence-electron chi connectivity index (χ4n) is 6.13. The number of carbonyl (C=O) groups is 5. The van der Waals surface area contributed by atoms with Crippen LogP contribution < -0.4 is 5.73 Å². The Kier molecular flexibility index (Phi) is 11.1. The Balaban J connectivity index is 0.00000137. The Hall–Kier alpha value is -2.09. The molecule has 3 aliphatic rings. The highest BCUT2D eigenvalue weighted by atomic mass is 16.3. The molecule has 0 aromatic heterocycles. The Bertz CT molecular complexity index is 780. The summed E-state index contributed by atoms with van der Waals surface area (Å²) in [6, 6.07) is -1.07. The molecule has 1 aliphatic carbocycles. The number of piperidine rings is 1. The van der Waals surface area contributed by atoms with Crippen LogP contribution in [0.2, 0.25) is 0 Å². The highest BCUT2D eigenvalue weighted by Gasteiger charge is 2.69. The van der Waals surface area contributed by atoms with Gasteiger partial charge in [0.1, 0.15) is 0 Å². The van der Waals surface area contributed by atoms with E-state index >= 15 is 0 Å². The van der Waals surface area contributed by atoms with Gasteiger partial charge in [0.2, 0.25) is 11.7 Å². The molecule has 0 bridgehead atoms. The number of hydrogen-bond donors (Lipinski definition) is 2. The molecule has 2 aliphatic heterocycles. The van der Waals surface area contributed by atoms with Crippen LogP contribution in [0.3, 0.4) is 0 Å². The van der Waals surface area contributed by atoms with Gasteiger partial charge in [0.05, 0.1) is 12.1 Å². The summed E-state index contributed by atoms with van der Waals surface area (Å²) in [5.74, 6) is -1.04. The molecule has 2 saturated heterocycles. The van der Waals surface area contributed by atoms with E-state index in [2.05, 4.69) is 13.8 Å². The van der Waals surface area contributed by atoms with Gasteiger partial charge < -0.3 is 15.7 Å². The maximum Gasteiger partial charge on any atom is 0.290 e. The summed E-state index contributed by atoms with van der Waals surface area (Å²) in [7, 11) is 0. The van der Waals surface area contributed by atoms with Gasteiger partial charge in [-0.05, 0) is 36.5 Å². The van der Waals surface area contributed by atoms with Gasteiger partial charge in [-0.15, -0.1) is 0 Å². The minimum Gasteiger partial charge on any atom is -0.483 e. The predicted octanol–water partition coefficient (Wildman–Crippen LogP) is 3.54. The van der Waals surface area contributed by atoms with Gasteiger partial charge >= 0.3 is 0 Å². The first-order chi connectivity index (χ1) is 16.6. The lowest BCUT2D eigenvalue weighted by atomic mass is 9.85. The van der Waals surface area contributed by atoms with Gasteiger partial charge in [-0.1, -0.05) is 65.7 Å². The van der Waals surface area contributed by atoms with Gasteiger partial charge in [-0.2, -0.15) is 0 Å². The molecule has 3 rings (SSSR count). The number of ketones is 3. The second kappa shape index (κ2) is 13.3. The first-order valence-electron chi connectivity index (χ1n) is 13.3. The van der Waals surface area contributed by atoms with Crippen molar-refractivity contribution in [3.8, 4) is 0 Å². The molecule has 2 heterocycles. The zero-order chi connectivity index (χ0) is 26.2. The SMILES string of the molecule is CCCC(=O)C(=O)[C@@H]1CCCCCCCCC[C@H](N)C(=O)N2C[C@H]3[C@@H]([C@H]2C(=O)C1)C3(C)C.O=CO. The minimum absolute atomic E-state index is 0.0274. The van der Waals surface area contributed by atoms with Crippen LogP contribution in [0.25, 0.3) is 0 Å². The monoisotopic (exact) mass is 492 g/mol. The Labute approximate surface area is 209 Å². The summed E-state index contributed by atoms with van der Waals surface area (Å²) in [6.45, 7) is 6.53. The summed E-state index contributed by atoms with van der Waals surface area (Å²) in [5, 5.41) is 6.89. The highest BCUT2D eigenvalue weighted by molar-refractivity contribution is 6.38. The van der Waals surface area contributed by atoms with E-state index < -0.39 is 18.0 Å². The number of carboxylic acid groups (broad SMARTS) is 1. The van der Waals surface area contributed by atoms with Crippen molar-refractivity contribution in [1.29, 1.82) is 0 Å². The van der Waals surface area contributed by atoms with E-state index in [-0.39, 0.29) is 53.9 Å². The van der Waals surface area contributed by atoms with Crippen LogP contribution in [-0.2, 0) is 24.0 Å². The maximum atomic E-state index is 13.6. The van der Waals surface area contributed by atoms with Gasteiger partial charge in [0.25, 0.3) is 6.47 Å². The van der Waals surface area contributed by atoms with Crippen molar-refractivity contribution < 1.29 is 29.1 Å². The summed E-state index contributed by atoms with van der Waals surface area (Å²) < 4.78 is 0. The van der Waals surface area contributed by atoms with Crippen LogP contribution in [0.1, 0.15) is 97.8 Å². The maximum absolute atomic E-state index is 13.6. The molecule has 35 heavy (non-hydrogen) atoms. The summed E-state index contributed by atoms with van der Waals surface area (Å²) >= 11 is 0. The Morgan fingerprint density at radius 2 is 1.60 bits per heavy atom. The molecule has 198 valence electrons. The topological polar surface area (TPSA) is 135 Å². The highest BCUT2D eigenvalue weighted by Crippen LogP contribution is 2.65. The quantitative estimate of drug-likeness (QED) is 0.453. The van der Waals surface area contributed by atoms with Crippen LogP contribution in [0.15, 0.2) is 0 Å². The van der Waals surface area contributed by atoms with Crippen LogP contribution in [-0.4, -0.2) is 58.4 Å². The van der Waals surface area contributed by atoms with E-state index in [1.54, 1.807) is 4.90 Å². The van der Waals surface area contributed by atoms with Gasteiger partial charge in [0, 0.05) is 25.3 Å². The third-order valence-electron chi connectivity index (χ3n) is 8.28. The number of rotatable bonds is 4. The number of carbonyl (C=O) groups excluding carboxylic acids is 4. The molecule has 1 amide bonds. The normalized spacial score (nSPS) is 31.4. The molecule has 3 N–H and O–H groups in total. The molecule has 0 radical (unpaired) electrons. The number of nitrogens with zero attached hydrogens (tertiary/aromatic N) is 1. The van der Waals surface area contributed by atoms with E-state index in [0.717, 1.165) is 44.9 Å². The standard InChI is InChI=1S/C26H42N2O4.CH2O2/c1-4-12-20(29)24(31)17-13-10-8-6-5-7-9-11-14-19(27)25(32)28-16-18-22(26(18,2)3)23(28)21(30)15-17;2-1-3/h17-19,22-23H,4-16,27H2,1-3H3;1H,(H,2,3)/t17-,18+,19+,22+,23-;/m1./s1. The average molecular weight is 493 g/mol. The molecular weight excluding hydrogens is 448 g/mol. The number of fused-ring (bicyclic) bond motifs is 3. The van der Waals surface area contributed by atoms with E-state index in [0.29, 0.717) is 31.7 Å². The van der Waals surface area contributed by atoms with Crippen LogP contribution in [0, 0.1) is 23.2 Å². The van der Waals surface area contributed by atoms with E-state index in [9.17, 15) is 19.2 Å². The van der Waals surface area contributed by atoms with Crippen LogP contribution >= 0.6 is 0 Å². The van der Waals surface area contributed by atoms with E-state index in [1.807, 2.05) is 6.92 Å². The van der Waals surface area contributed by atoms with Crippen molar-refractivity contribution >= 4 is 29.7 Å². The summed E-state index contributed by atoms with van der Waals surface area (Å²) in [5.41, 5.74) is 6.29. The second-order valence-electron chi connectivity index (χ2n) is 11.1. The molecule has 3 fully saturated rings. The lowest BCUT2D eigenvalue weighted by Crippen LogP contribution is -2.52. The number of hydrogen-bond acceptors (Lipinski definition) is 6. The predicted molar refractivity (Wildman–Crippen MR) is 133 cm³/mol. The van der Waals surface area contributed by atoms with Crippen molar-refractivity contribution in [2.75, 3.05) is 6.54 Å². The van der Waals surface area contributed by atoms with Gasteiger partial charge in [0.15, 0.2) is 11.6 Å². The van der Waals surface area contributed by atoms with Crippen molar-refractivity contribution in [3.63, 3.8) is 0 Å². The van der Waals surface area contributed by atoms with E-state index in [1.165, 1.54) is 0 Å². The van der Waals surface area contributed by atoms with Gasteiger partial charge in [-0.3, -0.25) is 24.0 Å². The molecule has 8 nitrogen and oxygen atoms in total. The third-order valence-corrected chi connectivity index (χ3v) is 8.28. The van der Waals surface area contributed by atoms with Crippen LogP contribution in [0.5, 0.6) is 0 Å². The largest absolute Gasteiger partial charge is 0.483 e. The van der Waals surface area contributed by atoms with Gasteiger partial charge in [-0.25, -0.2) is 0 Å². The summed E-state index contributed by atoms with van der Waals surface area (Å²) in [4.78, 5) is 62.1. The van der Waals surface area contributed by atoms with E-state index in [4.69, 9.17) is 15.6 Å². The fourth-order valence-corrected chi connectivity index (χ4v) is 6.13. The number of Topliss-reactive ketones (excluding diaryl/α,β-unsaturated/α-hetero) is 3. The molecular formula is C27H44N2O6. The smallest absolute Gasteiger partial charge is 0.290 e. The van der Waals surface area contributed by atoms with Crippen LogP contribution in [0.4, 0.5) is 0 Å². The average Bonchev–Trinajstić information content (AvgIpc) is 3.14. The lowest BCUT2D eigenvalue weighted by molar-refractivity contribution is -0.143. The molecule has 0 aromatic rings. The first-order valence-corrected chi connectivity index (χ1v) is 13.3. The molecule has 5 atom stereocenters. The van der Waals surface area contributed by atoms with Crippen molar-refractivity contribution in [1.82, 2.24) is 4.90 Å². The Morgan fingerprint density at radius 3 is 2.17 bits per heavy atom. The van der Waals surface area contributed by atoms with Crippen molar-refractivity contribution in [3.05, 3.63) is 0 Å². The summed E-state index contributed by atoms with van der Waals surface area (Å²) in [6.07, 6.45) is 9.40. The molecule has 0 unspecified atom stereocenters. The molecule has 1 saturated carbocycles. The molecule has 8 heteroatoms. The zero-order valence-corrected chi connectivity index (χ0v) is 21.7. The Morgan fingerprint density at radius 1 is 1.06 bits per heavy atom. The number of nitrogens with two attached hydrogens (primary N) is 1. The second-order valence-corrected chi connectivity index (χ2v) is 11.1. The lowest BCUT2D eigenvalue weighted by Gasteiger charge is -2.32. The van der Waals surface area contributed by atoms with Crippen molar-refractivity contribution in [2.45, 2.75) is 110 Å². The minimum atomic E-state index is -0.567. The molecule has 0 spiro atoms. The zero-order valence-electron chi connectivity index (χ0n) is 21.7.